The average Bonchev–Trinajstić information content (AvgIpc) is 2.64. The number of aliphatic carboxylic acids is 1. The van der Waals surface area contributed by atoms with Gasteiger partial charge in [0.05, 0.1) is 3.79 Å². The monoisotopic (exact) mass is 343 g/mol. The number of nitrogens with one attached hydrogen (secondary N) is 1. The van der Waals surface area contributed by atoms with E-state index in [0.717, 1.165) is 11.3 Å². The molecule has 3 N–H and O–H groups in total. The number of carboxylic acids is 1. The van der Waals surface area contributed by atoms with Gasteiger partial charge in [-0.3, -0.25) is 4.79 Å². The highest BCUT2D eigenvalue weighted by Crippen LogP contribution is 2.26. The molecule has 1 atom stereocenters. The topological polar surface area (TPSA) is 104 Å². The zero-order valence-electron chi connectivity index (χ0n) is 8.46. The smallest absolute Gasteiger partial charge is 0.321 e. The van der Waals surface area contributed by atoms with Crippen molar-refractivity contribution in [3.8, 4) is 0 Å². The standard InChI is InChI=1S/C8H10BrNO5S2/c9-6-1-2-7(16-6)17(14,15)10-5(3-4-11)8(12)13/h1-2,5,10-11H,3-4H2,(H,12,13)/t5-/m1/s1. The summed E-state index contributed by atoms with van der Waals surface area (Å²) in [5.41, 5.74) is 0. The maximum atomic E-state index is 11.8. The quantitative estimate of drug-likeness (QED) is 0.702. The van der Waals surface area contributed by atoms with Gasteiger partial charge >= 0.3 is 5.97 Å². The Kier molecular flexibility index (Phi) is 5.07. The van der Waals surface area contributed by atoms with E-state index < -0.39 is 28.6 Å². The molecule has 0 aliphatic heterocycles. The van der Waals surface area contributed by atoms with Crippen LogP contribution in [0.25, 0.3) is 0 Å². The van der Waals surface area contributed by atoms with Crippen molar-refractivity contribution in [1.29, 1.82) is 0 Å². The Hall–Kier alpha value is -0.480. The Morgan fingerprint density at radius 3 is 2.59 bits per heavy atom. The molecule has 0 aliphatic rings. The molecule has 0 aliphatic carbocycles. The average molecular weight is 344 g/mol. The molecule has 0 radical (unpaired) electrons. The van der Waals surface area contributed by atoms with Crippen molar-refractivity contribution < 1.29 is 23.4 Å². The molecular weight excluding hydrogens is 334 g/mol. The summed E-state index contributed by atoms with van der Waals surface area (Å²) in [6.45, 7) is -0.409. The summed E-state index contributed by atoms with van der Waals surface area (Å²) in [4.78, 5) is 10.8. The third kappa shape index (κ3) is 4.03. The molecule has 9 heteroatoms. The van der Waals surface area contributed by atoms with Crippen LogP contribution in [0.3, 0.4) is 0 Å². The molecule has 0 saturated carbocycles. The molecule has 1 rings (SSSR count). The summed E-state index contributed by atoms with van der Waals surface area (Å²) in [6.07, 6.45) is -0.179. The molecule has 0 bridgehead atoms. The van der Waals surface area contributed by atoms with Gasteiger partial charge in [0.25, 0.3) is 10.0 Å². The van der Waals surface area contributed by atoms with E-state index in [9.17, 15) is 13.2 Å². The van der Waals surface area contributed by atoms with Crippen LogP contribution in [0, 0.1) is 0 Å². The first kappa shape index (κ1) is 14.6. The highest BCUT2D eigenvalue weighted by atomic mass is 79.9. The van der Waals surface area contributed by atoms with Gasteiger partial charge < -0.3 is 10.2 Å². The van der Waals surface area contributed by atoms with Crippen LogP contribution in [-0.2, 0) is 14.8 Å². The zero-order chi connectivity index (χ0) is 13.1. The molecule has 0 aromatic carbocycles. The van der Waals surface area contributed by atoms with E-state index in [0.29, 0.717) is 3.79 Å². The summed E-state index contributed by atoms with van der Waals surface area (Å²) >= 11 is 4.10. The fourth-order valence-corrected chi connectivity index (χ4v) is 4.30. The van der Waals surface area contributed by atoms with Crippen LogP contribution in [0.4, 0.5) is 0 Å². The van der Waals surface area contributed by atoms with Crippen LogP contribution in [-0.4, -0.2) is 37.2 Å². The SMILES string of the molecule is O=C(O)[C@@H](CCO)NS(=O)(=O)c1ccc(Br)s1. The normalized spacial score (nSPS) is 13.5. The maximum Gasteiger partial charge on any atom is 0.321 e. The van der Waals surface area contributed by atoms with Crippen molar-refractivity contribution in [3.63, 3.8) is 0 Å². The maximum absolute atomic E-state index is 11.8. The molecular formula is C8H10BrNO5S2. The van der Waals surface area contributed by atoms with E-state index >= 15 is 0 Å². The Labute approximate surface area is 110 Å². The molecule has 0 saturated heterocycles. The second kappa shape index (κ2) is 5.91. The molecule has 0 spiro atoms. The summed E-state index contributed by atoms with van der Waals surface area (Å²) in [7, 11) is -3.86. The van der Waals surface area contributed by atoms with E-state index in [2.05, 4.69) is 15.9 Å². The summed E-state index contributed by atoms with van der Waals surface area (Å²) in [6, 6.07) is 1.60. The largest absolute Gasteiger partial charge is 0.480 e. The highest BCUT2D eigenvalue weighted by molar-refractivity contribution is 9.11. The van der Waals surface area contributed by atoms with E-state index in [1.54, 1.807) is 6.07 Å². The number of hydrogen-bond acceptors (Lipinski definition) is 5. The number of aliphatic hydroxyl groups is 1. The molecule has 0 fully saturated rings. The van der Waals surface area contributed by atoms with Crippen molar-refractivity contribution in [1.82, 2.24) is 4.72 Å². The van der Waals surface area contributed by atoms with Gasteiger partial charge in [-0.25, -0.2) is 8.42 Å². The predicted molar refractivity (Wildman–Crippen MR) is 65.5 cm³/mol. The minimum atomic E-state index is -3.86. The van der Waals surface area contributed by atoms with E-state index in [1.807, 2.05) is 4.72 Å². The number of carbonyl (C=O) groups is 1. The van der Waals surface area contributed by atoms with Crippen molar-refractivity contribution in [2.24, 2.45) is 0 Å². The molecule has 0 amide bonds. The molecule has 6 nitrogen and oxygen atoms in total. The van der Waals surface area contributed by atoms with E-state index in [1.165, 1.54) is 6.07 Å². The number of sulfonamides is 1. The van der Waals surface area contributed by atoms with Crippen molar-refractivity contribution in [2.75, 3.05) is 6.61 Å². The summed E-state index contributed by atoms with van der Waals surface area (Å²) in [5.74, 6) is -1.32. The van der Waals surface area contributed by atoms with E-state index in [4.69, 9.17) is 10.2 Å². The van der Waals surface area contributed by atoms with Crippen LogP contribution >= 0.6 is 27.3 Å². The molecule has 1 heterocycles. The number of thiophene rings is 1. The van der Waals surface area contributed by atoms with Gasteiger partial charge in [-0.1, -0.05) is 0 Å². The van der Waals surface area contributed by atoms with Crippen LogP contribution in [0.15, 0.2) is 20.1 Å². The Bertz CT molecular complexity index is 498. The molecule has 96 valence electrons. The van der Waals surface area contributed by atoms with Gasteiger partial charge in [-0.2, -0.15) is 4.72 Å². The zero-order valence-corrected chi connectivity index (χ0v) is 11.7. The first-order chi connectivity index (χ1) is 7.86. The minimum Gasteiger partial charge on any atom is -0.480 e. The first-order valence-corrected chi connectivity index (χ1v) is 7.57. The fraction of sp³-hybridized carbons (Fsp3) is 0.375. The second-order valence-corrected chi connectivity index (χ2v) is 7.49. The van der Waals surface area contributed by atoms with Crippen molar-refractivity contribution >= 4 is 43.3 Å². The first-order valence-electron chi connectivity index (χ1n) is 4.48. The lowest BCUT2D eigenvalue weighted by Gasteiger charge is -2.12. The highest BCUT2D eigenvalue weighted by Gasteiger charge is 2.25. The van der Waals surface area contributed by atoms with Gasteiger partial charge in [-0.15, -0.1) is 11.3 Å². The predicted octanol–water partition coefficient (Wildman–Crippen LogP) is 0.625. The van der Waals surface area contributed by atoms with Crippen molar-refractivity contribution in [2.45, 2.75) is 16.7 Å². The van der Waals surface area contributed by atoms with Gasteiger partial charge in [0.2, 0.25) is 0 Å². The molecule has 0 unspecified atom stereocenters. The van der Waals surface area contributed by atoms with Gasteiger partial charge in [0.15, 0.2) is 0 Å². The third-order valence-corrected chi connectivity index (χ3v) is 5.41. The molecule has 1 aromatic rings. The lowest BCUT2D eigenvalue weighted by Crippen LogP contribution is -2.41. The van der Waals surface area contributed by atoms with Gasteiger partial charge in [0, 0.05) is 6.61 Å². The Morgan fingerprint density at radius 1 is 1.53 bits per heavy atom. The molecule has 1 aromatic heterocycles. The number of hydrogen-bond donors (Lipinski definition) is 3. The minimum absolute atomic E-state index is 0.0218. The van der Waals surface area contributed by atoms with Gasteiger partial charge in [-0.05, 0) is 34.5 Å². The number of aliphatic hydroxyl groups excluding tert-OH is 1. The van der Waals surface area contributed by atoms with Crippen LogP contribution < -0.4 is 4.72 Å². The number of halogens is 1. The lowest BCUT2D eigenvalue weighted by atomic mass is 10.2. The third-order valence-electron chi connectivity index (χ3n) is 1.83. The van der Waals surface area contributed by atoms with E-state index in [-0.39, 0.29) is 10.6 Å². The second-order valence-electron chi connectivity index (χ2n) is 3.08. The number of rotatable bonds is 6. The van der Waals surface area contributed by atoms with Crippen LogP contribution in [0.2, 0.25) is 0 Å². The van der Waals surface area contributed by atoms with Crippen LogP contribution in [0.1, 0.15) is 6.42 Å². The fourth-order valence-electron chi connectivity index (χ4n) is 1.05. The van der Waals surface area contributed by atoms with Crippen LogP contribution in [0.5, 0.6) is 0 Å². The molecule has 17 heavy (non-hydrogen) atoms. The Morgan fingerprint density at radius 2 is 2.18 bits per heavy atom. The van der Waals surface area contributed by atoms with Gasteiger partial charge in [0.1, 0.15) is 10.3 Å². The summed E-state index contributed by atoms with van der Waals surface area (Å²) < 4.78 is 26.2. The lowest BCUT2D eigenvalue weighted by molar-refractivity contribution is -0.139. The number of carboxylic acid groups (broad SMARTS) is 1. The summed E-state index contributed by atoms with van der Waals surface area (Å²) in [5, 5.41) is 17.4. The van der Waals surface area contributed by atoms with Crippen molar-refractivity contribution in [3.05, 3.63) is 15.9 Å². The Balaban J connectivity index is 2.88.